The van der Waals surface area contributed by atoms with Gasteiger partial charge in [0.25, 0.3) is 0 Å². The second kappa shape index (κ2) is 6.22. The minimum Gasteiger partial charge on any atom is -0.478 e. The maximum Gasteiger partial charge on any atom is 0.336 e. The molecule has 0 aliphatic carbocycles. The van der Waals surface area contributed by atoms with E-state index in [0.29, 0.717) is 17.5 Å². The van der Waals surface area contributed by atoms with E-state index in [4.69, 9.17) is 0 Å². The molecule has 0 bridgehead atoms. The van der Waals surface area contributed by atoms with Gasteiger partial charge in [0.1, 0.15) is 0 Å². The topological polar surface area (TPSA) is 74.6 Å². The third-order valence-electron chi connectivity index (χ3n) is 3.34. The van der Waals surface area contributed by atoms with E-state index in [2.05, 4.69) is 0 Å². The SMILES string of the molecule is CCCc1c(C(=O)O)ccc(C(=O)O)c1-c1ccccc1. The Balaban J connectivity index is 2.81. The molecule has 2 aromatic rings. The zero-order chi connectivity index (χ0) is 15.4. The lowest BCUT2D eigenvalue weighted by Crippen LogP contribution is -2.09. The molecule has 2 aromatic carbocycles. The number of carboxylic acid groups (broad SMARTS) is 2. The van der Waals surface area contributed by atoms with E-state index in [0.717, 1.165) is 12.0 Å². The van der Waals surface area contributed by atoms with Gasteiger partial charge in [0.15, 0.2) is 0 Å². The van der Waals surface area contributed by atoms with Crippen LogP contribution in [0, 0.1) is 0 Å². The number of carbonyl (C=O) groups is 2. The molecule has 2 rings (SSSR count). The maximum absolute atomic E-state index is 11.5. The van der Waals surface area contributed by atoms with Crippen molar-refractivity contribution in [1.82, 2.24) is 0 Å². The van der Waals surface area contributed by atoms with E-state index in [1.807, 2.05) is 25.1 Å². The first-order valence-corrected chi connectivity index (χ1v) is 6.74. The van der Waals surface area contributed by atoms with Crippen LogP contribution in [0.3, 0.4) is 0 Å². The Kier molecular flexibility index (Phi) is 4.38. The summed E-state index contributed by atoms with van der Waals surface area (Å²) in [5.74, 6) is -2.09. The molecule has 0 atom stereocenters. The third-order valence-corrected chi connectivity index (χ3v) is 3.34. The summed E-state index contributed by atoms with van der Waals surface area (Å²) in [6, 6.07) is 11.8. The lowest BCUT2D eigenvalue weighted by atomic mass is 9.88. The summed E-state index contributed by atoms with van der Waals surface area (Å²) in [6.07, 6.45) is 1.26. The molecule has 0 aliphatic heterocycles. The van der Waals surface area contributed by atoms with Crippen LogP contribution in [-0.2, 0) is 6.42 Å². The molecule has 0 radical (unpaired) electrons. The average molecular weight is 284 g/mol. The molecule has 0 fully saturated rings. The lowest BCUT2D eigenvalue weighted by Gasteiger charge is -2.15. The van der Waals surface area contributed by atoms with Gasteiger partial charge < -0.3 is 10.2 Å². The Hall–Kier alpha value is -2.62. The van der Waals surface area contributed by atoms with Crippen molar-refractivity contribution in [3.63, 3.8) is 0 Å². The van der Waals surface area contributed by atoms with Crippen molar-refractivity contribution in [2.24, 2.45) is 0 Å². The molecule has 0 aromatic heterocycles. The largest absolute Gasteiger partial charge is 0.478 e. The monoisotopic (exact) mass is 284 g/mol. The van der Waals surface area contributed by atoms with Gasteiger partial charge in [-0.25, -0.2) is 9.59 Å². The first kappa shape index (κ1) is 14.8. The van der Waals surface area contributed by atoms with Crippen LogP contribution in [0.5, 0.6) is 0 Å². The Morgan fingerprint density at radius 3 is 2.00 bits per heavy atom. The Bertz CT molecular complexity index is 675. The summed E-state index contributed by atoms with van der Waals surface area (Å²) in [5.41, 5.74) is 2.11. The Morgan fingerprint density at radius 1 is 0.905 bits per heavy atom. The predicted octanol–water partition coefficient (Wildman–Crippen LogP) is 3.70. The second-order valence-electron chi connectivity index (χ2n) is 4.74. The molecule has 108 valence electrons. The summed E-state index contributed by atoms with van der Waals surface area (Å²) in [5, 5.41) is 18.7. The van der Waals surface area contributed by atoms with Gasteiger partial charge in [-0.05, 0) is 29.7 Å². The third kappa shape index (κ3) is 2.94. The Morgan fingerprint density at radius 2 is 1.48 bits per heavy atom. The lowest BCUT2D eigenvalue weighted by molar-refractivity contribution is 0.0681. The fourth-order valence-corrected chi connectivity index (χ4v) is 2.47. The summed E-state index contributed by atoms with van der Waals surface area (Å²) < 4.78 is 0. The molecule has 0 unspecified atom stereocenters. The van der Waals surface area contributed by atoms with Crippen LogP contribution in [0.1, 0.15) is 39.6 Å². The standard InChI is InChI=1S/C17H16O4/c1-2-6-12-13(16(18)19)9-10-14(17(20)21)15(12)11-7-4-3-5-8-11/h3-5,7-10H,2,6H2,1H3,(H,18,19)(H,20,21). The van der Waals surface area contributed by atoms with Crippen LogP contribution in [0.4, 0.5) is 0 Å². The zero-order valence-electron chi connectivity index (χ0n) is 11.7. The van der Waals surface area contributed by atoms with Crippen LogP contribution >= 0.6 is 0 Å². The molecule has 0 spiro atoms. The van der Waals surface area contributed by atoms with Gasteiger partial charge in [0, 0.05) is 5.56 Å². The van der Waals surface area contributed by atoms with Crippen molar-refractivity contribution in [2.75, 3.05) is 0 Å². The van der Waals surface area contributed by atoms with Crippen LogP contribution in [0.15, 0.2) is 42.5 Å². The molecular weight excluding hydrogens is 268 g/mol. The van der Waals surface area contributed by atoms with E-state index in [9.17, 15) is 19.8 Å². The minimum absolute atomic E-state index is 0.134. The minimum atomic E-state index is -1.05. The van der Waals surface area contributed by atoms with Crippen molar-refractivity contribution in [3.05, 3.63) is 59.2 Å². The maximum atomic E-state index is 11.5. The van der Waals surface area contributed by atoms with Crippen LogP contribution in [0.2, 0.25) is 0 Å². The fourth-order valence-electron chi connectivity index (χ4n) is 2.47. The number of carboxylic acids is 2. The summed E-state index contributed by atoms with van der Waals surface area (Å²) >= 11 is 0. The number of hydrogen-bond donors (Lipinski definition) is 2. The van der Waals surface area contributed by atoms with Gasteiger partial charge in [0.2, 0.25) is 0 Å². The number of aromatic carboxylic acids is 2. The van der Waals surface area contributed by atoms with Crippen molar-refractivity contribution >= 4 is 11.9 Å². The fraction of sp³-hybridized carbons (Fsp3) is 0.176. The van der Waals surface area contributed by atoms with E-state index in [1.165, 1.54) is 12.1 Å². The molecule has 0 heterocycles. The van der Waals surface area contributed by atoms with E-state index < -0.39 is 11.9 Å². The van der Waals surface area contributed by atoms with Gasteiger partial charge in [-0.2, -0.15) is 0 Å². The second-order valence-corrected chi connectivity index (χ2v) is 4.74. The molecule has 4 heteroatoms. The molecular formula is C17H16O4. The van der Waals surface area contributed by atoms with Crippen LogP contribution in [0.25, 0.3) is 11.1 Å². The van der Waals surface area contributed by atoms with Gasteiger partial charge in [-0.3, -0.25) is 0 Å². The van der Waals surface area contributed by atoms with Crippen molar-refractivity contribution in [2.45, 2.75) is 19.8 Å². The van der Waals surface area contributed by atoms with Gasteiger partial charge in [-0.1, -0.05) is 43.7 Å². The number of rotatable bonds is 5. The molecule has 4 nitrogen and oxygen atoms in total. The highest BCUT2D eigenvalue weighted by atomic mass is 16.4. The first-order chi connectivity index (χ1) is 10.1. The average Bonchev–Trinajstić information content (AvgIpc) is 2.47. The van der Waals surface area contributed by atoms with E-state index >= 15 is 0 Å². The quantitative estimate of drug-likeness (QED) is 0.877. The van der Waals surface area contributed by atoms with Crippen molar-refractivity contribution < 1.29 is 19.8 Å². The molecule has 0 saturated heterocycles. The first-order valence-electron chi connectivity index (χ1n) is 6.74. The van der Waals surface area contributed by atoms with Gasteiger partial charge in [-0.15, -0.1) is 0 Å². The van der Waals surface area contributed by atoms with Gasteiger partial charge >= 0.3 is 11.9 Å². The normalized spacial score (nSPS) is 10.3. The smallest absolute Gasteiger partial charge is 0.336 e. The van der Waals surface area contributed by atoms with E-state index in [1.54, 1.807) is 12.1 Å². The summed E-state index contributed by atoms with van der Waals surface area (Å²) in [4.78, 5) is 22.9. The van der Waals surface area contributed by atoms with Crippen LogP contribution < -0.4 is 0 Å². The zero-order valence-corrected chi connectivity index (χ0v) is 11.7. The summed E-state index contributed by atoms with van der Waals surface area (Å²) in [7, 11) is 0. The number of benzene rings is 2. The highest BCUT2D eigenvalue weighted by Crippen LogP contribution is 2.31. The molecule has 21 heavy (non-hydrogen) atoms. The highest BCUT2D eigenvalue weighted by molar-refractivity contribution is 6.01. The molecule has 0 saturated carbocycles. The van der Waals surface area contributed by atoms with Gasteiger partial charge in [0.05, 0.1) is 11.1 Å². The highest BCUT2D eigenvalue weighted by Gasteiger charge is 2.21. The molecule has 0 aliphatic rings. The van der Waals surface area contributed by atoms with Crippen LogP contribution in [-0.4, -0.2) is 22.2 Å². The predicted molar refractivity (Wildman–Crippen MR) is 79.8 cm³/mol. The number of hydrogen-bond acceptors (Lipinski definition) is 2. The van der Waals surface area contributed by atoms with Crippen molar-refractivity contribution in [3.8, 4) is 11.1 Å². The molecule has 0 amide bonds. The van der Waals surface area contributed by atoms with E-state index in [-0.39, 0.29) is 11.1 Å². The van der Waals surface area contributed by atoms with Crippen molar-refractivity contribution in [1.29, 1.82) is 0 Å². The molecule has 2 N–H and O–H groups in total. The summed E-state index contributed by atoms with van der Waals surface area (Å²) in [6.45, 7) is 1.94. The Labute approximate surface area is 122 Å².